The molecule has 0 spiro atoms. The maximum atomic E-state index is 12.1. The van der Waals surface area contributed by atoms with Crippen molar-refractivity contribution in [2.75, 3.05) is 39.3 Å². The highest BCUT2D eigenvalue weighted by molar-refractivity contribution is 5.79. The number of carbonyl (C=O) groups is 1. The first-order chi connectivity index (χ1) is 10.6. The lowest BCUT2D eigenvalue weighted by Gasteiger charge is -2.27. The van der Waals surface area contributed by atoms with E-state index in [1.54, 1.807) is 0 Å². The Hall–Kier alpha value is -1.59. The largest absolute Gasteiger partial charge is 0.491 e. The fraction of sp³-hybridized carbons (Fsp3) is 0.588. The molecular formula is C17H27N3O2. The lowest BCUT2D eigenvalue weighted by molar-refractivity contribution is -0.120. The molecule has 5 nitrogen and oxygen atoms in total. The third-order valence-corrected chi connectivity index (χ3v) is 3.65. The molecular weight excluding hydrogens is 278 g/mol. The first-order valence-electron chi connectivity index (χ1n) is 8.09. The van der Waals surface area contributed by atoms with E-state index in [1.165, 1.54) is 0 Å². The van der Waals surface area contributed by atoms with Gasteiger partial charge in [-0.2, -0.15) is 0 Å². The van der Waals surface area contributed by atoms with E-state index in [0.29, 0.717) is 13.0 Å². The minimum atomic E-state index is 0.0509. The van der Waals surface area contributed by atoms with Gasteiger partial charge in [-0.3, -0.25) is 9.69 Å². The average Bonchev–Trinajstić information content (AvgIpc) is 2.50. The molecule has 5 heteroatoms. The van der Waals surface area contributed by atoms with Gasteiger partial charge in [-0.1, -0.05) is 18.2 Å². The van der Waals surface area contributed by atoms with Gasteiger partial charge in [-0.25, -0.2) is 0 Å². The summed E-state index contributed by atoms with van der Waals surface area (Å²) in [6.45, 7) is 9.78. The second-order valence-electron chi connectivity index (χ2n) is 5.89. The average molecular weight is 305 g/mol. The number of piperazine rings is 1. The van der Waals surface area contributed by atoms with Crippen LogP contribution in [-0.2, 0) is 11.2 Å². The van der Waals surface area contributed by atoms with Gasteiger partial charge in [-0.15, -0.1) is 0 Å². The highest BCUT2D eigenvalue weighted by Crippen LogP contribution is 2.19. The van der Waals surface area contributed by atoms with Crippen molar-refractivity contribution >= 4 is 5.91 Å². The third-order valence-electron chi connectivity index (χ3n) is 3.65. The maximum Gasteiger partial charge on any atom is 0.224 e. The van der Waals surface area contributed by atoms with Crippen LogP contribution in [0.1, 0.15) is 19.4 Å². The van der Waals surface area contributed by atoms with E-state index in [2.05, 4.69) is 15.5 Å². The fourth-order valence-electron chi connectivity index (χ4n) is 2.54. The van der Waals surface area contributed by atoms with Gasteiger partial charge in [-0.05, 0) is 19.9 Å². The van der Waals surface area contributed by atoms with E-state index in [9.17, 15) is 4.79 Å². The van der Waals surface area contributed by atoms with Crippen LogP contribution in [0.25, 0.3) is 0 Å². The van der Waals surface area contributed by atoms with Gasteiger partial charge in [0, 0.05) is 44.8 Å². The van der Waals surface area contributed by atoms with Crippen molar-refractivity contribution in [3.8, 4) is 5.75 Å². The summed E-state index contributed by atoms with van der Waals surface area (Å²) in [6.07, 6.45) is 0.474. The second-order valence-corrected chi connectivity index (χ2v) is 5.89. The molecule has 1 aromatic rings. The Bertz CT molecular complexity index is 471. The van der Waals surface area contributed by atoms with E-state index in [-0.39, 0.29) is 12.0 Å². The van der Waals surface area contributed by atoms with Crippen molar-refractivity contribution in [3.05, 3.63) is 29.8 Å². The quantitative estimate of drug-likeness (QED) is 0.790. The van der Waals surface area contributed by atoms with Gasteiger partial charge in [0.05, 0.1) is 12.5 Å². The number of amides is 1. The summed E-state index contributed by atoms with van der Waals surface area (Å²) in [7, 11) is 0. The SMILES string of the molecule is CC(C)Oc1ccccc1CC(=O)NCCN1CCNCC1. The van der Waals surface area contributed by atoms with Crippen LogP contribution in [-0.4, -0.2) is 56.2 Å². The van der Waals surface area contributed by atoms with Crippen LogP contribution >= 0.6 is 0 Å². The molecule has 0 unspecified atom stereocenters. The normalized spacial score (nSPS) is 15.8. The van der Waals surface area contributed by atoms with Crippen LogP contribution in [0.5, 0.6) is 5.75 Å². The van der Waals surface area contributed by atoms with Crippen molar-refractivity contribution in [3.63, 3.8) is 0 Å². The van der Waals surface area contributed by atoms with Gasteiger partial charge in [0.1, 0.15) is 5.75 Å². The van der Waals surface area contributed by atoms with Crippen molar-refractivity contribution in [1.82, 2.24) is 15.5 Å². The van der Waals surface area contributed by atoms with Crippen LogP contribution in [0.4, 0.5) is 0 Å². The number of nitrogens with zero attached hydrogens (tertiary/aromatic N) is 1. The van der Waals surface area contributed by atoms with Gasteiger partial charge < -0.3 is 15.4 Å². The number of ether oxygens (including phenoxy) is 1. The number of carbonyl (C=O) groups excluding carboxylic acids is 1. The Labute approximate surface area is 133 Å². The van der Waals surface area contributed by atoms with E-state index in [4.69, 9.17) is 4.74 Å². The molecule has 0 saturated carbocycles. The van der Waals surface area contributed by atoms with Crippen LogP contribution in [0.3, 0.4) is 0 Å². The predicted octanol–water partition coefficient (Wildman–Crippen LogP) is 1.04. The maximum absolute atomic E-state index is 12.1. The van der Waals surface area contributed by atoms with Crippen LogP contribution < -0.4 is 15.4 Å². The van der Waals surface area contributed by atoms with Gasteiger partial charge in [0.25, 0.3) is 0 Å². The molecule has 2 N–H and O–H groups in total. The lowest BCUT2D eigenvalue weighted by Crippen LogP contribution is -2.46. The van der Waals surface area contributed by atoms with E-state index < -0.39 is 0 Å². The molecule has 1 aliphatic heterocycles. The third kappa shape index (κ3) is 5.66. The summed E-state index contributed by atoms with van der Waals surface area (Å²) in [5.74, 6) is 0.852. The van der Waals surface area contributed by atoms with Crippen molar-refractivity contribution in [1.29, 1.82) is 0 Å². The molecule has 1 amide bonds. The number of rotatable bonds is 7. The Morgan fingerprint density at radius 3 is 2.77 bits per heavy atom. The molecule has 122 valence electrons. The Morgan fingerprint density at radius 2 is 2.05 bits per heavy atom. The minimum Gasteiger partial charge on any atom is -0.491 e. The number of hydrogen-bond acceptors (Lipinski definition) is 4. The van der Waals surface area contributed by atoms with Crippen LogP contribution in [0.15, 0.2) is 24.3 Å². The molecule has 1 fully saturated rings. The highest BCUT2D eigenvalue weighted by Gasteiger charge is 2.11. The summed E-state index contributed by atoms with van der Waals surface area (Å²) in [4.78, 5) is 14.5. The number of benzene rings is 1. The van der Waals surface area contributed by atoms with Crippen LogP contribution in [0.2, 0.25) is 0 Å². The van der Waals surface area contributed by atoms with E-state index in [0.717, 1.165) is 44.0 Å². The molecule has 0 radical (unpaired) electrons. The molecule has 22 heavy (non-hydrogen) atoms. The minimum absolute atomic E-state index is 0.0509. The Balaban J connectivity index is 1.76. The summed E-state index contributed by atoms with van der Waals surface area (Å²) in [5.41, 5.74) is 0.941. The second kappa shape index (κ2) is 8.76. The summed E-state index contributed by atoms with van der Waals surface area (Å²) in [6, 6.07) is 7.75. The topological polar surface area (TPSA) is 53.6 Å². The van der Waals surface area contributed by atoms with Crippen molar-refractivity contribution in [2.45, 2.75) is 26.4 Å². The van der Waals surface area contributed by atoms with Gasteiger partial charge >= 0.3 is 0 Å². The Kier molecular flexibility index (Phi) is 6.68. The molecule has 1 aromatic carbocycles. The van der Waals surface area contributed by atoms with Crippen molar-refractivity contribution < 1.29 is 9.53 Å². The smallest absolute Gasteiger partial charge is 0.224 e. The first kappa shape index (κ1) is 16.8. The molecule has 1 saturated heterocycles. The molecule has 0 aliphatic carbocycles. The highest BCUT2D eigenvalue weighted by atomic mass is 16.5. The summed E-state index contributed by atoms with van der Waals surface area (Å²) in [5, 5.41) is 6.33. The van der Waals surface area contributed by atoms with Crippen molar-refractivity contribution in [2.24, 2.45) is 0 Å². The van der Waals surface area contributed by atoms with E-state index >= 15 is 0 Å². The number of hydrogen-bond donors (Lipinski definition) is 2. The predicted molar refractivity (Wildman–Crippen MR) is 88.2 cm³/mol. The number of para-hydroxylation sites is 1. The molecule has 1 heterocycles. The van der Waals surface area contributed by atoms with Crippen LogP contribution in [0, 0.1) is 0 Å². The van der Waals surface area contributed by atoms with E-state index in [1.807, 2.05) is 38.1 Å². The van der Waals surface area contributed by atoms with Gasteiger partial charge in [0.2, 0.25) is 5.91 Å². The monoisotopic (exact) mass is 305 g/mol. The summed E-state index contributed by atoms with van der Waals surface area (Å²) < 4.78 is 5.75. The standard InChI is InChI=1S/C17H27N3O2/c1-14(2)22-16-6-4-3-5-15(16)13-17(21)19-9-12-20-10-7-18-8-11-20/h3-6,14,18H,7-13H2,1-2H3,(H,19,21). The molecule has 2 rings (SSSR count). The fourth-order valence-corrected chi connectivity index (χ4v) is 2.54. The first-order valence-corrected chi connectivity index (χ1v) is 8.09. The molecule has 0 atom stereocenters. The number of nitrogens with one attached hydrogen (secondary N) is 2. The molecule has 0 aromatic heterocycles. The lowest BCUT2D eigenvalue weighted by atomic mass is 10.1. The van der Waals surface area contributed by atoms with Gasteiger partial charge in [0.15, 0.2) is 0 Å². The molecule has 0 bridgehead atoms. The zero-order valence-corrected chi connectivity index (χ0v) is 13.6. The Morgan fingerprint density at radius 1 is 1.32 bits per heavy atom. The molecule has 1 aliphatic rings. The summed E-state index contributed by atoms with van der Waals surface area (Å²) >= 11 is 0. The zero-order chi connectivity index (χ0) is 15.8. The zero-order valence-electron chi connectivity index (χ0n) is 13.6.